The fourth-order valence-corrected chi connectivity index (χ4v) is 2.19. The zero-order chi connectivity index (χ0) is 11.0. The summed E-state index contributed by atoms with van der Waals surface area (Å²) in [7, 11) is 0. The van der Waals surface area contributed by atoms with Crippen LogP contribution in [0.5, 0.6) is 0 Å². The average Bonchev–Trinajstić information content (AvgIpc) is 2.96. The summed E-state index contributed by atoms with van der Waals surface area (Å²) in [5.41, 5.74) is 9.81. The predicted molar refractivity (Wildman–Crippen MR) is 64.0 cm³/mol. The summed E-state index contributed by atoms with van der Waals surface area (Å²) in [4.78, 5) is 0. The Hall–Kier alpha value is -1.61. The third-order valence-corrected chi connectivity index (χ3v) is 3.57. The van der Waals surface area contributed by atoms with Gasteiger partial charge in [0.25, 0.3) is 0 Å². The minimum Gasteiger partial charge on any atom is -0.330 e. The number of benzene rings is 1. The van der Waals surface area contributed by atoms with Crippen LogP contribution >= 0.6 is 0 Å². The summed E-state index contributed by atoms with van der Waals surface area (Å²) < 4.78 is 0. The summed E-state index contributed by atoms with van der Waals surface area (Å²) in [5, 5.41) is 6.78. The fourth-order valence-electron chi connectivity index (χ4n) is 2.19. The van der Waals surface area contributed by atoms with Crippen LogP contribution < -0.4 is 5.73 Å². The molecule has 2 aromatic rings. The number of aromatic nitrogens is 2. The van der Waals surface area contributed by atoms with Crippen molar-refractivity contribution < 1.29 is 0 Å². The number of nitrogens with one attached hydrogen (secondary N) is 1. The molecule has 3 rings (SSSR count). The van der Waals surface area contributed by atoms with Crippen LogP contribution in [0.15, 0.2) is 36.7 Å². The standard InChI is InChI=1S/C13H15N3/c14-9-13(5-6-13)12-3-1-10(2-4-12)11-7-15-16-8-11/h1-4,7-8H,5-6,9,14H2,(H,15,16). The van der Waals surface area contributed by atoms with E-state index < -0.39 is 0 Å². The maximum absolute atomic E-state index is 5.82. The Morgan fingerprint density at radius 2 is 1.94 bits per heavy atom. The molecule has 3 heteroatoms. The lowest BCUT2D eigenvalue weighted by atomic mass is 9.94. The number of rotatable bonds is 3. The molecule has 1 heterocycles. The topological polar surface area (TPSA) is 54.7 Å². The van der Waals surface area contributed by atoms with E-state index in [9.17, 15) is 0 Å². The van der Waals surface area contributed by atoms with Crippen LogP contribution in [0.3, 0.4) is 0 Å². The molecule has 0 aliphatic heterocycles. The lowest BCUT2D eigenvalue weighted by Gasteiger charge is -2.12. The van der Waals surface area contributed by atoms with Gasteiger partial charge in [-0.3, -0.25) is 5.10 Å². The van der Waals surface area contributed by atoms with Crippen molar-refractivity contribution in [1.82, 2.24) is 10.2 Å². The van der Waals surface area contributed by atoms with Crippen molar-refractivity contribution in [3.8, 4) is 11.1 Å². The predicted octanol–water partition coefficient (Wildman–Crippen LogP) is 2.07. The van der Waals surface area contributed by atoms with Crippen molar-refractivity contribution in [3.05, 3.63) is 42.2 Å². The van der Waals surface area contributed by atoms with E-state index in [4.69, 9.17) is 5.73 Å². The highest BCUT2D eigenvalue weighted by Gasteiger charge is 2.42. The second kappa shape index (κ2) is 3.46. The van der Waals surface area contributed by atoms with Gasteiger partial charge < -0.3 is 5.73 Å². The number of nitrogens with two attached hydrogens (primary N) is 1. The Morgan fingerprint density at radius 1 is 1.19 bits per heavy atom. The second-order valence-corrected chi connectivity index (χ2v) is 4.55. The first kappa shape index (κ1) is 9.60. The monoisotopic (exact) mass is 213 g/mol. The first-order valence-electron chi connectivity index (χ1n) is 5.64. The van der Waals surface area contributed by atoms with Gasteiger partial charge in [-0.25, -0.2) is 0 Å². The van der Waals surface area contributed by atoms with Gasteiger partial charge in [-0.05, 0) is 24.0 Å². The zero-order valence-electron chi connectivity index (χ0n) is 9.11. The number of H-pyrrole nitrogens is 1. The zero-order valence-corrected chi connectivity index (χ0v) is 9.11. The van der Waals surface area contributed by atoms with E-state index in [-0.39, 0.29) is 5.41 Å². The summed E-state index contributed by atoms with van der Waals surface area (Å²) in [5.74, 6) is 0. The molecule has 0 atom stereocenters. The van der Waals surface area contributed by atoms with E-state index in [1.165, 1.54) is 24.0 Å². The fraction of sp³-hybridized carbons (Fsp3) is 0.308. The molecule has 1 aromatic heterocycles. The summed E-state index contributed by atoms with van der Waals surface area (Å²) in [6.45, 7) is 0.762. The molecule has 82 valence electrons. The van der Waals surface area contributed by atoms with Crippen LogP contribution in [0.1, 0.15) is 18.4 Å². The third kappa shape index (κ3) is 1.44. The molecular formula is C13H15N3. The van der Waals surface area contributed by atoms with E-state index in [1.807, 2.05) is 12.4 Å². The molecule has 0 bridgehead atoms. The van der Waals surface area contributed by atoms with Crippen molar-refractivity contribution in [3.63, 3.8) is 0 Å². The van der Waals surface area contributed by atoms with Crippen molar-refractivity contribution in [2.45, 2.75) is 18.3 Å². The van der Waals surface area contributed by atoms with Gasteiger partial charge in [0, 0.05) is 23.7 Å². The Morgan fingerprint density at radius 3 is 2.44 bits per heavy atom. The van der Waals surface area contributed by atoms with Crippen molar-refractivity contribution in [2.24, 2.45) is 5.73 Å². The highest BCUT2D eigenvalue weighted by Crippen LogP contribution is 2.47. The quantitative estimate of drug-likeness (QED) is 0.820. The van der Waals surface area contributed by atoms with E-state index in [1.54, 1.807) is 0 Å². The van der Waals surface area contributed by atoms with Gasteiger partial charge in [0.1, 0.15) is 0 Å². The molecular weight excluding hydrogens is 198 g/mol. The average molecular weight is 213 g/mol. The van der Waals surface area contributed by atoms with Gasteiger partial charge in [0.05, 0.1) is 6.20 Å². The van der Waals surface area contributed by atoms with Crippen LogP contribution in [-0.2, 0) is 5.41 Å². The van der Waals surface area contributed by atoms with Crippen molar-refractivity contribution in [2.75, 3.05) is 6.54 Å². The first-order valence-corrected chi connectivity index (χ1v) is 5.64. The van der Waals surface area contributed by atoms with Crippen molar-refractivity contribution >= 4 is 0 Å². The Bertz CT molecular complexity index is 466. The molecule has 1 saturated carbocycles. The summed E-state index contributed by atoms with van der Waals surface area (Å²) in [6.07, 6.45) is 6.21. The summed E-state index contributed by atoms with van der Waals surface area (Å²) >= 11 is 0. The molecule has 1 fully saturated rings. The molecule has 1 aromatic carbocycles. The molecule has 3 N–H and O–H groups in total. The Balaban J connectivity index is 1.91. The highest BCUT2D eigenvalue weighted by molar-refractivity contribution is 5.62. The first-order chi connectivity index (χ1) is 7.84. The molecule has 0 radical (unpaired) electrons. The van der Waals surface area contributed by atoms with Gasteiger partial charge in [0.15, 0.2) is 0 Å². The lowest BCUT2D eigenvalue weighted by Crippen LogP contribution is -2.19. The number of nitrogens with zero attached hydrogens (tertiary/aromatic N) is 1. The van der Waals surface area contributed by atoms with Gasteiger partial charge in [-0.1, -0.05) is 24.3 Å². The molecule has 0 spiro atoms. The van der Waals surface area contributed by atoms with E-state index in [0.29, 0.717) is 0 Å². The number of hydrogen-bond donors (Lipinski definition) is 2. The molecule has 16 heavy (non-hydrogen) atoms. The highest BCUT2D eigenvalue weighted by atomic mass is 15.1. The third-order valence-electron chi connectivity index (χ3n) is 3.57. The van der Waals surface area contributed by atoms with Gasteiger partial charge in [-0.2, -0.15) is 5.10 Å². The van der Waals surface area contributed by atoms with Crippen LogP contribution in [0.4, 0.5) is 0 Å². The maximum atomic E-state index is 5.82. The van der Waals surface area contributed by atoms with Gasteiger partial charge in [0.2, 0.25) is 0 Å². The van der Waals surface area contributed by atoms with E-state index >= 15 is 0 Å². The normalized spacial score (nSPS) is 17.3. The van der Waals surface area contributed by atoms with Crippen LogP contribution in [0.25, 0.3) is 11.1 Å². The molecule has 3 nitrogen and oxygen atoms in total. The second-order valence-electron chi connectivity index (χ2n) is 4.55. The minimum atomic E-state index is 0.287. The number of hydrogen-bond acceptors (Lipinski definition) is 2. The SMILES string of the molecule is NCC1(c2ccc(-c3cn[nH]c3)cc2)CC1. The smallest absolute Gasteiger partial charge is 0.0565 e. The van der Waals surface area contributed by atoms with Crippen LogP contribution in [0, 0.1) is 0 Å². The van der Waals surface area contributed by atoms with E-state index in [2.05, 4.69) is 34.5 Å². The molecule has 0 unspecified atom stereocenters. The molecule has 0 amide bonds. The van der Waals surface area contributed by atoms with Crippen LogP contribution in [-0.4, -0.2) is 16.7 Å². The van der Waals surface area contributed by atoms with Gasteiger partial charge >= 0.3 is 0 Å². The van der Waals surface area contributed by atoms with Crippen LogP contribution in [0.2, 0.25) is 0 Å². The number of aromatic amines is 1. The largest absolute Gasteiger partial charge is 0.330 e. The van der Waals surface area contributed by atoms with Crippen molar-refractivity contribution in [1.29, 1.82) is 0 Å². The summed E-state index contributed by atoms with van der Waals surface area (Å²) in [6, 6.07) is 8.69. The molecule has 0 saturated heterocycles. The Labute approximate surface area is 94.7 Å². The maximum Gasteiger partial charge on any atom is 0.0565 e. The van der Waals surface area contributed by atoms with Gasteiger partial charge in [-0.15, -0.1) is 0 Å². The minimum absolute atomic E-state index is 0.287. The lowest BCUT2D eigenvalue weighted by molar-refractivity contribution is 0.705. The molecule has 1 aliphatic rings. The Kier molecular flexibility index (Phi) is 2.07. The van der Waals surface area contributed by atoms with E-state index in [0.717, 1.165) is 12.1 Å². The molecule has 1 aliphatic carbocycles.